The van der Waals surface area contributed by atoms with Crippen LogP contribution in [0.4, 0.5) is 5.69 Å². The molecular formula is C21H24N4O3S. The summed E-state index contributed by atoms with van der Waals surface area (Å²) in [6.45, 7) is 2.11. The number of carbonyl (C=O) groups excluding carboxylic acids is 2. The van der Waals surface area contributed by atoms with Gasteiger partial charge in [-0.2, -0.15) is 4.98 Å². The fourth-order valence-corrected chi connectivity index (χ4v) is 3.47. The molecule has 3 rings (SSSR count). The van der Waals surface area contributed by atoms with Gasteiger partial charge in [0.05, 0.1) is 11.3 Å². The molecule has 7 nitrogen and oxygen atoms in total. The van der Waals surface area contributed by atoms with Crippen LogP contribution in [-0.2, 0) is 22.4 Å². The van der Waals surface area contributed by atoms with E-state index in [0.717, 1.165) is 41.8 Å². The van der Waals surface area contributed by atoms with E-state index < -0.39 is 0 Å². The van der Waals surface area contributed by atoms with Gasteiger partial charge < -0.3 is 15.2 Å². The van der Waals surface area contributed by atoms with Crippen molar-refractivity contribution in [3.8, 4) is 10.7 Å². The molecule has 2 N–H and O–H groups in total. The van der Waals surface area contributed by atoms with E-state index in [1.807, 2.05) is 29.6 Å². The van der Waals surface area contributed by atoms with Crippen molar-refractivity contribution in [1.29, 1.82) is 0 Å². The molecule has 0 bridgehead atoms. The van der Waals surface area contributed by atoms with Crippen molar-refractivity contribution in [2.24, 2.45) is 0 Å². The van der Waals surface area contributed by atoms with Crippen LogP contribution in [0.2, 0.25) is 0 Å². The van der Waals surface area contributed by atoms with Crippen LogP contribution in [0.5, 0.6) is 0 Å². The molecule has 0 unspecified atom stereocenters. The zero-order chi connectivity index (χ0) is 20.5. The third-order valence-electron chi connectivity index (χ3n) is 4.24. The quantitative estimate of drug-likeness (QED) is 0.493. The van der Waals surface area contributed by atoms with Gasteiger partial charge in [0.1, 0.15) is 0 Å². The number of aryl methyl sites for hydroxylation is 1. The molecular weight excluding hydrogens is 388 g/mol. The second kappa shape index (κ2) is 10.5. The van der Waals surface area contributed by atoms with E-state index in [1.54, 1.807) is 23.5 Å². The topological polar surface area (TPSA) is 97.1 Å². The molecule has 152 valence electrons. The lowest BCUT2D eigenvalue weighted by Gasteiger charge is -2.06. The van der Waals surface area contributed by atoms with E-state index in [9.17, 15) is 9.59 Å². The molecule has 3 aromatic rings. The summed E-state index contributed by atoms with van der Waals surface area (Å²) >= 11 is 1.59. The van der Waals surface area contributed by atoms with Crippen molar-refractivity contribution in [3.05, 3.63) is 53.2 Å². The van der Waals surface area contributed by atoms with Gasteiger partial charge in [-0.15, -0.1) is 11.3 Å². The first kappa shape index (κ1) is 20.7. The summed E-state index contributed by atoms with van der Waals surface area (Å²) in [5.74, 6) is 1.18. The van der Waals surface area contributed by atoms with Gasteiger partial charge in [0.2, 0.25) is 23.5 Å². The Morgan fingerprint density at radius 1 is 1.10 bits per heavy atom. The van der Waals surface area contributed by atoms with Crippen LogP contribution < -0.4 is 10.6 Å². The van der Waals surface area contributed by atoms with E-state index in [1.165, 1.54) is 6.92 Å². The highest BCUT2D eigenvalue weighted by atomic mass is 32.1. The maximum Gasteiger partial charge on any atom is 0.226 e. The van der Waals surface area contributed by atoms with Crippen LogP contribution in [0.1, 0.15) is 37.6 Å². The second-order valence-corrected chi connectivity index (χ2v) is 7.65. The van der Waals surface area contributed by atoms with Crippen LogP contribution in [0, 0.1) is 0 Å². The van der Waals surface area contributed by atoms with Crippen molar-refractivity contribution in [2.75, 3.05) is 11.9 Å². The third kappa shape index (κ3) is 6.83. The molecule has 0 aliphatic heterocycles. The number of hydrogen-bond acceptors (Lipinski definition) is 6. The zero-order valence-corrected chi connectivity index (χ0v) is 17.1. The van der Waals surface area contributed by atoms with Gasteiger partial charge in [-0.1, -0.05) is 29.8 Å². The lowest BCUT2D eigenvalue weighted by Crippen LogP contribution is -2.26. The minimum Gasteiger partial charge on any atom is -0.356 e. The largest absolute Gasteiger partial charge is 0.356 e. The predicted molar refractivity (Wildman–Crippen MR) is 113 cm³/mol. The monoisotopic (exact) mass is 412 g/mol. The number of anilines is 1. The standard InChI is InChI=1S/C21H24N4O3S/c1-15(26)23-17-10-8-16(9-11-17)14-19(27)22-12-4-2-3-7-20-24-21(25-28-20)18-6-5-13-29-18/h5-6,8-11,13H,2-4,7,12,14H2,1H3,(H,22,27)(H,23,26). The van der Waals surface area contributed by atoms with E-state index in [2.05, 4.69) is 20.8 Å². The number of aromatic nitrogens is 2. The fourth-order valence-electron chi connectivity index (χ4n) is 2.83. The molecule has 0 spiro atoms. The number of rotatable bonds is 10. The van der Waals surface area contributed by atoms with Crippen LogP contribution in [-0.4, -0.2) is 28.5 Å². The molecule has 0 radical (unpaired) electrons. The van der Waals surface area contributed by atoms with Crippen molar-refractivity contribution < 1.29 is 14.1 Å². The molecule has 0 saturated heterocycles. The summed E-state index contributed by atoms with van der Waals surface area (Å²) in [6, 6.07) is 11.2. The lowest BCUT2D eigenvalue weighted by molar-refractivity contribution is -0.120. The van der Waals surface area contributed by atoms with Gasteiger partial charge in [0.15, 0.2) is 0 Å². The summed E-state index contributed by atoms with van der Waals surface area (Å²) in [5.41, 5.74) is 1.64. The number of amides is 2. The summed E-state index contributed by atoms with van der Waals surface area (Å²) in [5, 5.41) is 11.6. The molecule has 0 aliphatic rings. The Labute approximate surface area is 173 Å². The van der Waals surface area contributed by atoms with Gasteiger partial charge in [0, 0.05) is 25.6 Å². The minimum absolute atomic E-state index is 0.00484. The van der Waals surface area contributed by atoms with E-state index in [-0.39, 0.29) is 11.8 Å². The van der Waals surface area contributed by atoms with Gasteiger partial charge in [-0.05, 0) is 42.0 Å². The molecule has 0 fully saturated rings. The fraction of sp³-hybridized carbons (Fsp3) is 0.333. The Morgan fingerprint density at radius 2 is 1.93 bits per heavy atom. The summed E-state index contributed by atoms with van der Waals surface area (Å²) in [7, 11) is 0. The van der Waals surface area contributed by atoms with Gasteiger partial charge >= 0.3 is 0 Å². The van der Waals surface area contributed by atoms with Crippen molar-refractivity contribution in [2.45, 2.75) is 39.0 Å². The van der Waals surface area contributed by atoms with Crippen LogP contribution >= 0.6 is 11.3 Å². The van der Waals surface area contributed by atoms with Gasteiger partial charge in [0.25, 0.3) is 0 Å². The van der Waals surface area contributed by atoms with Gasteiger partial charge in [-0.25, -0.2) is 0 Å². The highest BCUT2D eigenvalue weighted by Gasteiger charge is 2.09. The molecule has 0 saturated carbocycles. The molecule has 8 heteroatoms. The van der Waals surface area contributed by atoms with Crippen LogP contribution in [0.3, 0.4) is 0 Å². The molecule has 2 aromatic heterocycles. The normalized spacial score (nSPS) is 10.7. The maximum atomic E-state index is 12.0. The van der Waals surface area contributed by atoms with Gasteiger partial charge in [-0.3, -0.25) is 9.59 Å². The van der Waals surface area contributed by atoms with Crippen molar-refractivity contribution in [3.63, 3.8) is 0 Å². The number of nitrogens with zero attached hydrogens (tertiary/aromatic N) is 2. The number of thiophene rings is 1. The molecule has 2 amide bonds. The number of nitrogens with one attached hydrogen (secondary N) is 2. The van der Waals surface area contributed by atoms with E-state index in [0.29, 0.717) is 24.7 Å². The van der Waals surface area contributed by atoms with Crippen molar-refractivity contribution in [1.82, 2.24) is 15.5 Å². The Bertz CT molecular complexity index is 920. The SMILES string of the molecule is CC(=O)Nc1ccc(CC(=O)NCCCCCc2nc(-c3cccs3)no2)cc1. The Morgan fingerprint density at radius 3 is 2.66 bits per heavy atom. The molecule has 2 heterocycles. The molecule has 0 atom stereocenters. The Kier molecular flexibility index (Phi) is 7.52. The smallest absolute Gasteiger partial charge is 0.226 e. The first-order valence-electron chi connectivity index (χ1n) is 9.60. The first-order chi connectivity index (χ1) is 14.1. The highest BCUT2D eigenvalue weighted by molar-refractivity contribution is 7.13. The van der Waals surface area contributed by atoms with Crippen molar-refractivity contribution >= 4 is 28.8 Å². The Hall–Kier alpha value is -3.00. The first-order valence-corrected chi connectivity index (χ1v) is 10.5. The molecule has 29 heavy (non-hydrogen) atoms. The molecule has 1 aromatic carbocycles. The average molecular weight is 413 g/mol. The summed E-state index contributed by atoms with van der Waals surface area (Å²) < 4.78 is 5.28. The second-order valence-electron chi connectivity index (χ2n) is 6.70. The van der Waals surface area contributed by atoms with Crippen LogP contribution in [0.15, 0.2) is 46.3 Å². The minimum atomic E-state index is -0.113. The maximum absolute atomic E-state index is 12.0. The van der Waals surface area contributed by atoms with E-state index in [4.69, 9.17) is 4.52 Å². The lowest BCUT2D eigenvalue weighted by atomic mass is 10.1. The number of benzene rings is 1. The summed E-state index contributed by atoms with van der Waals surface area (Å²) in [6.07, 6.45) is 3.88. The number of unbranched alkanes of at least 4 members (excludes halogenated alkanes) is 2. The predicted octanol–water partition coefficient (Wildman–Crippen LogP) is 3.83. The third-order valence-corrected chi connectivity index (χ3v) is 5.10. The Balaban J connectivity index is 1.28. The molecule has 0 aliphatic carbocycles. The van der Waals surface area contributed by atoms with E-state index >= 15 is 0 Å². The number of hydrogen-bond donors (Lipinski definition) is 2. The average Bonchev–Trinajstić information content (AvgIpc) is 3.37. The highest BCUT2D eigenvalue weighted by Crippen LogP contribution is 2.21. The zero-order valence-electron chi connectivity index (χ0n) is 16.3. The number of carbonyl (C=O) groups is 2. The summed E-state index contributed by atoms with van der Waals surface area (Å²) in [4.78, 5) is 28.5. The van der Waals surface area contributed by atoms with Crippen LogP contribution in [0.25, 0.3) is 10.7 Å².